The summed E-state index contributed by atoms with van der Waals surface area (Å²) in [6.45, 7) is 8.87. The first kappa shape index (κ1) is 15.9. The van der Waals surface area contributed by atoms with Gasteiger partial charge in [0, 0.05) is 42.0 Å². The third-order valence-electron chi connectivity index (χ3n) is 3.31. The molecule has 0 radical (unpaired) electrons. The predicted octanol–water partition coefficient (Wildman–Crippen LogP) is 1.64. The standard InChI is InChI=1S/C13H23N3O2S2/c1-4-14-8-11-7-12(9-15-11)20(17,18)16-5-6-19-13(2,3)10-16/h7,9,14-15H,4-6,8,10H2,1-3H3. The fourth-order valence-corrected chi connectivity index (χ4v) is 5.19. The number of hydrogen-bond donors (Lipinski definition) is 2. The largest absolute Gasteiger partial charge is 0.363 e. The van der Waals surface area contributed by atoms with E-state index in [-0.39, 0.29) is 4.75 Å². The van der Waals surface area contributed by atoms with Crippen molar-refractivity contribution in [3.05, 3.63) is 18.0 Å². The molecule has 20 heavy (non-hydrogen) atoms. The van der Waals surface area contributed by atoms with Crippen molar-refractivity contribution in [2.75, 3.05) is 25.4 Å². The molecule has 0 atom stereocenters. The first-order valence-corrected chi connectivity index (χ1v) is 9.30. The van der Waals surface area contributed by atoms with Crippen molar-refractivity contribution in [2.24, 2.45) is 0 Å². The van der Waals surface area contributed by atoms with Crippen LogP contribution in [0.15, 0.2) is 17.2 Å². The molecule has 0 aromatic carbocycles. The quantitative estimate of drug-likeness (QED) is 0.866. The molecule has 2 N–H and O–H groups in total. The lowest BCUT2D eigenvalue weighted by Crippen LogP contribution is -2.45. The normalized spacial score (nSPS) is 20.1. The van der Waals surface area contributed by atoms with Crippen molar-refractivity contribution in [3.8, 4) is 0 Å². The number of nitrogens with zero attached hydrogens (tertiary/aromatic N) is 1. The van der Waals surface area contributed by atoms with Crippen LogP contribution in [0.2, 0.25) is 0 Å². The zero-order valence-corrected chi connectivity index (χ0v) is 13.9. The molecule has 7 heteroatoms. The SMILES string of the molecule is CCNCc1cc(S(=O)(=O)N2CCSC(C)(C)C2)c[nH]1. The van der Waals surface area contributed by atoms with E-state index in [1.54, 1.807) is 16.6 Å². The van der Waals surface area contributed by atoms with Crippen LogP contribution in [0, 0.1) is 0 Å². The highest BCUT2D eigenvalue weighted by atomic mass is 32.2. The van der Waals surface area contributed by atoms with Crippen molar-refractivity contribution in [1.82, 2.24) is 14.6 Å². The second kappa shape index (κ2) is 6.09. The van der Waals surface area contributed by atoms with Gasteiger partial charge in [0.1, 0.15) is 0 Å². The minimum Gasteiger partial charge on any atom is -0.363 e. The summed E-state index contributed by atoms with van der Waals surface area (Å²) in [6, 6.07) is 1.73. The van der Waals surface area contributed by atoms with Gasteiger partial charge in [0.15, 0.2) is 0 Å². The van der Waals surface area contributed by atoms with E-state index < -0.39 is 10.0 Å². The van der Waals surface area contributed by atoms with Gasteiger partial charge in [-0.15, -0.1) is 0 Å². The van der Waals surface area contributed by atoms with E-state index >= 15 is 0 Å². The van der Waals surface area contributed by atoms with Crippen LogP contribution < -0.4 is 5.32 Å². The van der Waals surface area contributed by atoms with Crippen LogP contribution in [0.3, 0.4) is 0 Å². The Morgan fingerprint density at radius 1 is 1.50 bits per heavy atom. The van der Waals surface area contributed by atoms with Gasteiger partial charge in [-0.25, -0.2) is 8.42 Å². The second-order valence-corrected chi connectivity index (χ2v) is 9.33. The van der Waals surface area contributed by atoms with Crippen LogP contribution in [0.1, 0.15) is 26.5 Å². The minimum atomic E-state index is -3.38. The smallest absolute Gasteiger partial charge is 0.244 e. The fraction of sp³-hybridized carbons (Fsp3) is 0.692. The van der Waals surface area contributed by atoms with Crippen molar-refractivity contribution in [2.45, 2.75) is 37.0 Å². The van der Waals surface area contributed by atoms with E-state index in [2.05, 4.69) is 24.1 Å². The van der Waals surface area contributed by atoms with E-state index in [4.69, 9.17) is 0 Å². The van der Waals surface area contributed by atoms with Gasteiger partial charge in [-0.3, -0.25) is 0 Å². The molecule has 1 aliphatic rings. The van der Waals surface area contributed by atoms with Crippen molar-refractivity contribution in [3.63, 3.8) is 0 Å². The van der Waals surface area contributed by atoms with Gasteiger partial charge in [-0.1, -0.05) is 6.92 Å². The maximum absolute atomic E-state index is 12.6. The molecular formula is C13H23N3O2S2. The van der Waals surface area contributed by atoms with Gasteiger partial charge in [0.2, 0.25) is 10.0 Å². The Balaban J connectivity index is 2.15. The Morgan fingerprint density at radius 2 is 2.25 bits per heavy atom. The summed E-state index contributed by atoms with van der Waals surface area (Å²) in [5.41, 5.74) is 0.899. The Hall–Kier alpha value is -0.500. The molecule has 2 heterocycles. The molecule has 1 aromatic rings. The molecule has 1 aromatic heterocycles. The molecule has 0 spiro atoms. The molecule has 0 saturated carbocycles. The number of H-pyrrole nitrogens is 1. The third kappa shape index (κ3) is 3.58. The highest BCUT2D eigenvalue weighted by molar-refractivity contribution is 8.00. The Labute approximate surface area is 125 Å². The highest BCUT2D eigenvalue weighted by Crippen LogP contribution is 2.32. The lowest BCUT2D eigenvalue weighted by atomic mass is 10.2. The molecule has 2 rings (SSSR count). The number of hydrogen-bond acceptors (Lipinski definition) is 4. The van der Waals surface area contributed by atoms with Gasteiger partial charge in [0.05, 0.1) is 4.90 Å². The Kier molecular flexibility index (Phi) is 4.84. The van der Waals surface area contributed by atoms with Gasteiger partial charge in [-0.2, -0.15) is 16.1 Å². The average Bonchev–Trinajstić information content (AvgIpc) is 2.84. The maximum atomic E-state index is 12.6. The number of rotatable bonds is 5. The molecule has 0 amide bonds. The zero-order chi connectivity index (χ0) is 14.8. The summed E-state index contributed by atoms with van der Waals surface area (Å²) in [6.07, 6.45) is 1.59. The second-order valence-electron chi connectivity index (χ2n) is 5.59. The molecule has 0 bridgehead atoms. The topological polar surface area (TPSA) is 65.2 Å². The fourth-order valence-electron chi connectivity index (χ4n) is 2.26. The van der Waals surface area contributed by atoms with Gasteiger partial charge >= 0.3 is 0 Å². The molecule has 0 unspecified atom stereocenters. The Morgan fingerprint density at radius 3 is 2.90 bits per heavy atom. The maximum Gasteiger partial charge on any atom is 0.244 e. The summed E-state index contributed by atoms with van der Waals surface area (Å²) in [4.78, 5) is 3.40. The summed E-state index contributed by atoms with van der Waals surface area (Å²) in [5.74, 6) is 0.848. The van der Waals surface area contributed by atoms with Crippen LogP contribution in [0.25, 0.3) is 0 Å². The van der Waals surface area contributed by atoms with Crippen LogP contribution in [0.4, 0.5) is 0 Å². The van der Waals surface area contributed by atoms with E-state index in [1.807, 2.05) is 18.7 Å². The van der Waals surface area contributed by atoms with Crippen LogP contribution in [-0.4, -0.2) is 47.8 Å². The summed E-state index contributed by atoms with van der Waals surface area (Å²) in [5, 5.41) is 3.18. The van der Waals surface area contributed by atoms with Gasteiger partial charge in [0.25, 0.3) is 0 Å². The lowest BCUT2D eigenvalue weighted by molar-refractivity contribution is 0.387. The predicted molar refractivity (Wildman–Crippen MR) is 83.5 cm³/mol. The zero-order valence-electron chi connectivity index (χ0n) is 12.3. The number of nitrogens with one attached hydrogen (secondary N) is 2. The van der Waals surface area contributed by atoms with Gasteiger partial charge < -0.3 is 10.3 Å². The molecule has 1 saturated heterocycles. The number of sulfonamides is 1. The van der Waals surface area contributed by atoms with Gasteiger partial charge in [-0.05, 0) is 26.5 Å². The first-order valence-electron chi connectivity index (χ1n) is 6.87. The minimum absolute atomic E-state index is 0.0196. The molecule has 5 nitrogen and oxygen atoms in total. The van der Waals surface area contributed by atoms with E-state index in [1.165, 1.54) is 0 Å². The lowest BCUT2D eigenvalue weighted by Gasteiger charge is -2.36. The number of aromatic nitrogens is 1. The summed E-state index contributed by atoms with van der Waals surface area (Å²) < 4.78 is 26.9. The van der Waals surface area contributed by atoms with E-state index in [0.717, 1.165) is 18.0 Å². The summed E-state index contributed by atoms with van der Waals surface area (Å²) >= 11 is 1.83. The molecule has 114 valence electrons. The monoisotopic (exact) mass is 317 g/mol. The Bertz CT molecular complexity index is 552. The highest BCUT2D eigenvalue weighted by Gasteiger charge is 2.34. The van der Waals surface area contributed by atoms with Crippen molar-refractivity contribution >= 4 is 21.8 Å². The third-order valence-corrected chi connectivity index (χ3v) is 6.43. The number of thioether (sulfide) groups is 1. The summed E-state index contributed by atoms with van der Waals surface area (Å²) in [7, 11) is -3.38. The molecule has 1 fully saturated rings. The first-order chi connectivity index (χ1) is 9.35. The van der Waals surface area contributed by atoms with Crippen molar-refractivity contribution in [1.29, 1.82) is 0 Å². The average molecular weight is 317 g/mol. The van der Waals surface area contributed by atoms with E-state index in [9.17, 15) is 8.42 Å². The van der Waals surface area contributed by atoms with Crippen LogP contribution in [-0.2, 0) is 16.6 Å². The number of aromatic amines is 1. The molecule has 1 aliphatic heterocycles. The van der Waals surface area contributed by atoms with Crippen LogP contribution >= 0.6 is 11.8 Å². The molecular weight excluding hydrogens is 294 g/mol. The van der Waals surface area contributed by atoms with E-state index in [0.29, 0.717) is 24.5 Å². The van der Waals surface area contributed by atoms with Crippen molar-refractivity contribution < 1.29 is 8.42 Å². The molecule has 0 aliphatic carbocycles. The van der Waals surface area contributed by atoms with Crippen LogP contribution in [0.5, 0.6) is 0 Å².